The summed E-state index contributed by atoms with van der Waals surface area (Å²) < 4.78 is 5.28. The lowest BCUT2D eigenvalue weighted by Gasteiger charge is -2.32. The van der Waals surface area contributed by atoms with E-state index >= 15 is 0 Å². The van der Waals surface area contributed by atoms with Crippen molar-refractivity contribution in [1.29, 1.82) is 0 Å². The lowest BCUT2D eigenvalue weighted by molar-refractivity contribution is 0.0919. The second kappa shape index (κ2) is 9.02. The lowest BCUT2D eigenvalue weighted by Crippen LogP contribution is -2.47. The zero-order chi connectivity index (χ0) is 19.1. The number of benzene rings is 1. The molecule has 7 heteroatoms. The molecule has 0 saturated carbocycles. The number of hydrogen-bond donors (Lipinski definition) is 2. The van der Waals surface area contributed by atoms with E-state index in [0.717, 1.165) is 18.5 Å². The van der Waals surface area contributed by atoms with Gasteiger partial charge in [-0.25, -0.2) is 9.78 Å². The van der Waals surface area contributed by atoms with Crippen molar-refractivity contribution >= 4 is 17.6 Å². The molecule has 1 aromatic carbocycles. The molecule has 2 aromatic rings. The van der Waals surface area contributed by atoms with Gasteiger partial charge in [-0.2, -0.15) is 0 Å². The van der Waals surface area contributed by atoms with Gasteiger partial charge in [-0.3, -0.25) is 4.79 Å². The minimum Gasteiger partial charge on any atom is -0.478 e. The molecule has 2 heterocycles. The van der Waals surface area contributed by atoms with Gasteiger partial charge in [0, 0.05) is 37.1 Å². The molecule has 27 heavy (non-hydrogen) atoms. The van der Waals surface area contributed by atoms with Gasteiger partial charge >= 0.3 is 6.03 Å². The summed E-state index contributed by atoms with van der Waals surface area (Å²) in [6.45, 7) is 3.63. The summed E-state index contributed by atoms with van der Waals surface area (Å²) in [7, 11) is 0. The minimum atomic E-state index is -0.155. The van der Waals surface area contributed by atoms with Crippen molar-refractivity contribution in [3.63, 3.8) is 0 Å². The number of amides is 3. The number of nitrogens with zero attached hydrogens (tertiary/aromatic N) is 2. The Balaban J connectivity index is 1.46. The number of rotatable bonds is 5. The predicted octanol–water partition coefficient (Wildman–Crippen LogP) is 2.91. The quantitative estimate of drug-likeness (QED) is 0.850. The Kier molecular flexibility index (Phi) is 6.25. The molecular weight excluding hydrogens is 344 g/mol. The Labute approximate surface area is 158 Å². The summed E-state index contributed by atoms with van der Waals surface area (Å²) in [5.41, 5.74) is 1.28. The van der Waals surface area contributed by atoms with Crippen LogP contribution in [0.25, 0.3) is 0 Å². The van der Waals surface area contributed by atoms with Crippen molar-refractivity contribution in [2.75, 3.05) is 25.0 Å². The van der Waals surface area contributed by atoms with Crippen molar-refractivity contribution in [3.05, 3.63) is 54.2 Å². The van der Waals surface area contributed by atoms with Crippen LogP contribution in [0.4, 0.5) is 10.5 Å². The SMILES string of the molecule is CCOc1ccc(C(=O)NC2CCN(C(=O)Nc3ccccc3)CC2)cn1. The van der Waals surface area contributed by atoms with Crippen molar-refractivity contribution in [3.8, 4) is 5.88 Å². The van der Waals surface area contributed by atoms with Crippen molar-refractivity contribution in [2.24, 2.45) is 0 Å². The third-order valence-corrected chi connectivity index (χ3v) is 4.43. The number of likely N-dealkylation sites (tertiary alicyclic amines) is 1. The van der Waals surface area contributed by atoms with Crippen LogP contribution in [0.15, 0.2) is 48.7 Å². The molecule has 3 amide bonds. The summed E-state index contributed by atoms with van der Waals surface area (Å²) in [6, 6.07) is 12.7. The number of piperidine rings is 1. The van der Waals surface area contributed by atoms with Gasteiger partial charge in [0.1, 0.15) is 0 Å². The molecule has 2 N–H and O–H groups in total. The highest BCUT2D eigenvalue weighted by Gasteiger charge is 2.24. The Morgan fingerprint density at radius 1 is 1.15 bits per heavy atom. The van der Waals surface area contributed by atoms with Gasteiger partial charge in [0.25, 0.3) is 5.91 Å². The average molecular weight is 368 g/mol. The summed E-state index contributed by atoms with van der Waals surface area (Å²) in [6.07, 6.45) is 2.96. The first-order chi connectivity index (χ1) is 13.2. The van der Waals surface area contributed by atoms with Gasteiger partial charge in [0.2, 0.25) is 5.88 Å². The van der Waals surface area contributed by atoms with Crippen LogP contribution in [0, 0.1) is 0 Å². The molecule has 1 saturated heterocycles. The van der Waals surface area contributed by atoms with Crippen molar-refractivity contribution in [1.82, 2.24) is 15.2 Å². The van der Waals surface area contributed by atoms with E-state index in [0.29, 0.717) is 31.1 Å². The largest absolute Gasteiger partial charge is 0.478 e. The third-order valence-electron chi connectivity index (χ3n) is 4.43. The monoisotopic (exact) mass is 368 g/mol. The molecule has 0 aliphatic carbocycles. The predicted molar refractivity (Wildman–Crippen MR) is 103 cm³/mol. The fourth-order valence-electron chi connectivity index (χ4n) is 2.97. The maximum absolute atomic E-state index is 12.4. The van der Waals surface area contributed by atoms with E-state index in [4.69, 9.17) is 4.74 Å². The molecule has 142 valence electrons. The Bertz CT molecular complexity index is 757. The van der Waals surface area contributed by atoms with Crippen LogP contribution in [-0.2, 0) is 0 Å². The van der Waals surface area contributed by atoms with Crippen LogP contribution in [0.1, 0.15) is 30.1 Å². The Hall–Kier alpha value is -3.09. The summed E-state index contributed by atoms with van der Waals surface area (Å²) in [5.74, 6) is 0.351. The molecule has 7 nitrogen and oxygen atoms in total. The number of anilines is 1. The van der Waals surface area contributed by atoms with Crippen LogP contribution in [0.2, 0.25) is 0 Å². The Morgan fingerprint density at radius 3 is 2.52 bits per heavy atom. The topological polar surface area (TPSA) is 83.6 Å². The van der Waals surface area contributed by atoms with E-state index in [1.165, 1.54) is 6.20 Å². The zero-order valence-electron chi connectivity index (χ0n) is 15.4. The van der Waals surface area contributed by atoms with E-state index < -0.39 is 0 Å². The highest BCUT2D eigenvalue weighted by Crippen LogP contribution is 2.14. The summed E-state index contributed by atoms with van der Waals surface area (Å²) >= 11 is 0. The van der Waals surface area contributed by atoms with Gasteiger partial charge in [0.05, 0.1) is 12.2 Å². The molecule has 0 bridgehead atoms. The van der Waals surface area contributed by atoms with Gasteiger partial charge in [-0.1, -0.05) is 18.2 Å². The number of carbonyl (C=O) groups excluding carboxylic acids is 2. The standard InChI is InChI=1S/C20H24N4O3/c1-2-27-18-9-8-15(14-21-18)19(25)22-17-10-12-24(13-11-17)20(26)23-16-6-4-3-5-7-16/h3-9,14,17H,2,10-13H2,1H3,(H,22,25)(H,23,26). The maximum Gasteiger partial charge on any atom is 0.321 e. The van der Waals surface area contributed by atoms with Crippen LogP contribution in [0.3, 0.4) is 0 Å². The second-order valence-corrected chi connectivity index (χ2v) is 6.35. The van der Waals surface area contributed by atoms with Crippen LogP contribution in [-0.4, -0.2) is 47.6 Å². The summed E-state index contributed by atoms with van der Waals surface area (Å²) in [4.78, 5) is 30.5. The normalized spacial score (nSPS) is 14.5. The molecule has 1 aliphatic rings. The van der Waals surface area contributed by atoms with Gasteiger partial charge in [-0.15, -0.1) is 0 Å². The minimum absolute atomic E-state index is 0.0462. The molecule has 1 aliphatic heterocycles. The van der Waals surface area contributed by atoms with Gasteiger partial charge in [0.15, 0.2) is 0 Å². The third kappa shape index (κ3) is 5.20. The molecule has 3 rings (SSSR count). The van der Waals surface area contributed by atoms with Gasteiger partial charge < -0.3 is 20.3 Å². The number of aromatic nitrogens is 1. The second-order valence-electron chi connectivity index (χ2n) is 6.35. The van der Waals surface area contributed by atoms with E-state index in [2.05, 4.69) is 15.6 Å². The molecule has 1 fully saturated rings. The number of hydrogen-bond acceptors (Lipinski definition) is 4. The molecule has 0 unspecified atom stereocenters. The van der Waals surface area contributed by atoms with E-state index in [9.17, 15) is 9.59 Å². The van der Waals surface area contributed by atoms with Gasteiger partial charge in [-0.05, 0) is 38.0 Å². The van der Waals surface area contributed by atoms with Crippen molar-refractivity contribution < 1.29 is 14.3 Å². The molecule has 0 spiro atoms. The number of carbonyl (C=O) groups is 2. The molecular formula is C20H24N4O3. The highest BCUT2D eigenvalue weighted by molar-refractivity contribution is 5.94. The van der Waals surface area contributed by atoms with Crippen LogP contribution in [0.5, 0.6) is 5.88 Å². The van der Waals surface area contributed by atoms with Crippen molar-refractivity contribution in [2.45, 2.75) is 25.8 Å². The number of nitrogens with one attached hydrogen (secondary N) is 2. The smallest absolute Gasteiger partial charge is 0.321 e. The maximum atomic E-state index is 12.4. The van der Waals surface area contributed by atoms with E-state index in [1.807, 2.05) is 37.3 Å². The number of ether oxygens (including phenoxy) is 1. The summed E-state index contributed by atoms with van der Waals surface area (Å²) in [5, 5.41) is 5.91. The first kappa shape index (κ1) is 18.7. The molecule has 0 atom stereocenters. The number of urea groups is 1. The molecule has 0 radical (unpaired) electrons. The lowest BCUT2D eigenvalue weighted by atomic mass is 10.0. The first-order valence-corrected chi connectivity index (χ1v) is 9.16. The first-order valence-electron chi connectivity index (χ1n) is 9.16. The highest BCUT2D eigenvalue weighted by atomic mass is 16.5. The molecule has 1 aromatic heterocycles. The Morgan fingerprint density at radius 2 is 1.89 bits per heavy atom. The van der Waals surface area contributed by atoms with E-state index in [1.54, 1.807) is 17.0 Å². The fraction of sp³-hybridized carbons (Fsp3) is 0.350. The average Bonchev–Trinajstić information content (AvgIpc) is 2.70. The number of pyridine rings is 1. The van der Waals surface area contributed by atoms with E-state index in [-0.39, 0.29) is 18.0 Å². The van der Waals surface area contributed by atoms with Crippen LogP contribution < -0.4 is 15.4 Å². The number of para-hydroxylation sites is 1. The fourth-order valence-corrected chi connectivity index (χ4v) is 2.97. The zero-order valence-corrected chi connectivity index (χ0v) is 15.4. The van der Waals surface area contributed by atoms with Crippen LogP contribution >= 0.6 is 0 Å².